The molecule has 0 aliphatic carbocycles. The van der Waals surface area contributed by atoms with Crippen molar-refractivity contribution in [2.75, 3.05) is 30.6 Å². The van der Waals surface area contributed by atoms with Crippen molar-refractivity contribution >= 4 is 49.4 Å². The molecule has 6 rings (SSSR count). The predicted octanol–water partition coefficient (Wildman–Crippen LogP) is 6.76. The highest BCUT2D eigenvalue weighted by Crippen LogP contribution is 2.33. The third kappa shape index (κ3) is 7.80. The lowest BCUT2D eigenvalue weighted by Gasteiger charge is -2.32. The molecule has 1 fully saturated rings. The van der Waals surface area contributed by atoms with E-state index in [0.717, 1.165) is 23.0 Å². The zero-order chi connectivity index (χ0) is 35.5. The fourth-order valence-electron chi connectivity index (χ4n) is 5.98. The molecule has 2 heterocycles. The van der Waals surface area contributed by atoms with E-state index in [1.807, 2.05) is 39.8 Å². The molecule has 1 aliphatic rings. The zero-order valence-electron chi connectivity index (χ0n) is 28.7. The van der Waals surface area contributed by atoms with E-state index in [4.69, 9.17) is 19.2 Å². The second-order valence-corrected chi connectivity index (χ2v) is 15.0. The summed E-state index contributed by atoms with van der Waals surface area (Å²) in [5.74, 6) is -0.523. The number of amides is 1. The van der Waals surface area contributed by atoms with Crippen molar-refractivity contribution in [3.63, 3.8) is 0 Å². The summed E-state index contributed by atoms with van der Waals surface area (Å²) < 4.78 is 47.1. The van der Waals surface area contributed by atoms with Crippen LogP contribution in [0.3, 0.4) is 0 Å². The number of ether oxygens (including phenoxy) is 3. The van der Waals surface area contributed by atoms with Gasteiger partial charge in [0, 0.05) is 30.3 Å². The van der Waals surface area contributed by atoms with Gasteiger partial charge in [0.1, 0.15) is 17.6 Å². The molecule has 4 aromatic carbocycles. The quantitative estimate of drug-likeness (QED) is 0.116. The van der Waals surface area contributed by atoms with Crippen LogP contribution in [0.15, 0.2) is 102 Å². The van der Waals surface area contributed by atoms with Crippen LogP contribution in [0.5, 0.6) is 5.75 Å². The van der Waals surface area contributed by atoms with Crippen LogP contribution in [0.2, 0.25) is 0 Å². The number of nitrogens with zero attached hydrogens (tertiary/aromatic N) is 3. The third-order valence-electron chi connectivity index (χ3n) is 8.42. The molecule has 0 saturated carbocycles. The summed E-state index contributed by atoms with van der Waals surface area (Å²) in [6.45, 7) is 10.1. The smallest absolute Gasteiger partial charge is 0.306 e. The molecule has 1 atom stereocenters. The van der Waals surface area contributed by atoms with Gasteiger partial charge in [-0.15, -0.1) is 0 Å². The fourth-order valence-corrected chi connectivity index (χ4v) is 7.38. The number of esters is 1. The molecule has 1 aliphatic heterocycles. The molecule has 260 valence electrons. The van der Waals surface area contributed by atoms with Gasteiger partial charge in [-0.25, -0.2) is 13.4 Å². The highest BCUT2D eigenvalue weighted by Gasteiger charge is 2.34. The Morgan fingerprint density at radius 3 is 2.02 bits per heavy atom. The highest BCUT2D eigenvalue weighted by molar-refractivity contribution is 7.93. The number of sulfonamides is 1. The molecular formula is C39H41N3O7S. The van der Waals surface area contributed by atoms with Crippen molar-refractivity contribution in [2.24, 2.45) is 0 Å². The number of aryl methyl sites for hydroxylation is 1. The molecule has 1 unspecified atom stereocenters. The molecule has 0 spiro atoms. The number of pyridine rings is 1. The monoisotopic (exact) mass is 695 g/mol. The number of fused-ring (bicyclic) bond motifs is 2. The van der Waals surface area contributed by atoms with Crippen molar-refractivity contribution in [1.29, 1.82) is 0 Å². The van der Waals surface area contributed by atoms with Gasteiger partial charge in [0.15, 0.2) is 0 Å². The maximum atomic E-state index is 14.8. The lowest BCUT2D eigenvalue weighted by molar-refractivity contribution is -0.154. The number of morpholine rings is 1. The largest absolute Gasteiger partial charge is 0.475 e. The first-order chi connectivity index (χ1) is 23.9. The standard InChI is InChI=1S/C39H41N3O7S/c1-27(41-23-25-47-26-24-41)48-30-18-16-29(17-19-30)42(38(44)37-32-9-5-7-11-34(32)40-35-12-8-6-10-33(35)37)50(45,46)31-20-13-28(14-21-31)15-22-36(43)49-39(2,3)4/h5-14,16-21,27H,15,22-26H2,1-4H3. The summed E-state index contributed by atoms with van der Waals surface area (Å²) in [4.78, 5) is 33.9. The zero-order valence-corrected chi connectivity index (χ0v) is 29.5. The minimum absolute atomic E-state index is 0.0733. The van der Waals surface area contributed by atoms with E-state index in [1.54, 1.807) is 72.8 Å². The van der Waals surface area contributed by atoms with Crippen LogP contribution in [-0.4, -0.2) is 68.3 Å². The summed E-state index contributed by atoms with van der Waals surface area (Å²) in [6, 6.07) is 27.1. The average Bonchev–Trinajstić information content (AvgIpc) is 3.10. The van der Waals surface area contributed by atoms with Crippen molar-refractivity contribution in [3.05, 3.63) is 108 Å². The first-order valence-electron chi connectivity index (χ1n) is 16.7. The fraction of sp³-hybridized carbons (Fsp3) is 0.308. The molecule has 10 nitrogen and oxygen atoms in total. The maximum absolute atomic E-state index is 14.8. The van der Waals surface area contributed by atoms with Crippen molar-refractivity contribution in [1.82, 2.24) is 9.88 Å². The minimum atomic E-state index is -4.46. The van der Waals surface area contributed by atoms with Crippen molar-refractivity contribution in [3.8, 4) is 5.75 Å². The van der Waals surface area contributed by atoms with E-state index in [2.05, 4.69) is 4.90 Å². The van der Waals surface area contributed by atoms with E-state index in [9.17, 15) is 18.0 Å². The molecule has 0 radical (unpaired) electrons. The minimum Gasteiger partial charge on any atom is -0.475 e. The average molecular weight is 696 g/mol. The number of benzene rings is 4. The van der Waals surface area contributed by atoms with Gasteiger partial charge in [0.2, 0.25) is 0 Å². The second kappa shape index (κ2) is 14.6. The second-order valence-electron chi connectivity index (χ2n) is 13.2. The van der Waals surface area contributed by atoms with E-state index < -0.39 is 21.5 Å². The third-order valence-corrected chi connectivity index (χ3v) is 10.1. The first kappa shape index (κ1) is 35.0. The number of carbonyl (C=O) groups excluding carboxylic acids is 2. The van der Waals surface area contributed by atoms with Crippen LogP contribution in [0.4, 0.5) is 5.69 Å². The number of hydrogen-bond acceptors (Lipinski definition) is 9. The van der Waals surface area contributed by atoms with Gasteiger partial charge in [-0.2, -0.15) is 4.31 Å². The van der Waals surface area contributed by atoms with E-state index in [-0.39, 0.29) is 34.8 Å². The molecule has 11 heteroatoms. The normalized spacial score (nSPS) is 14.7. The van der Waals surface area contributed by atoms with Gasteiger partial charge in [0.25, 0.3) is 15.9 Å². The topological polar surface area (TPSA) is 115 Å². The van der Waals surface area contributed by atoms with Gasteiger partial charge in [0.05, 0.1) is 40.4 Å². The van der Waals surface area contributed by atoms with Crippen molar-refractivity contribution in [2.45, 2.75) is 57.3 Å². The number of para-hydroxylation sites is 2. The number of anilines is 1. The molecular weight excluding hydrogens is 655 g/mol. The first-order valence-corrected chi connectivity index (χ1v) is 18.1. The number of aromatic nitrogens is 1. The summed E-state index contributed by atoms with van der Waals surface area (Å²) in [5, 5.41) is 1.07. The Balaban J connectivity index is 1.37. The molecule has 0 N–H and O–H groups in total. The van der Waals surface area contributed by atoms with Crippen LogP contribution in [0.25, 0.3) is 21.8 Å². The van der Waals surface area contributed by atoms with Gasteiger partial charge in [-0.1, -0.05) is 48.5 Å². The number of carbonyl (C=O) groups is 2. The highest BCUT2D eigenvalue weighted by atomic mass is 32.2. The van der Waals surface area contributed by atoms with Crippen molar-refractivity contribution < 1.29 is 32.2 Å². The van der Waals surface area contributed by atoms with Gasteiger partial charge >= 0.3 is 5.97 Å². The molecule has 5 aromatic rings. The summed E-state index contributed by atoms with van der Waals surface area (Å²) >= 11 is 0. The Morgan fingerprint density at radius 2 is 1.44 bits per heavy atom. The Bertz CT molecular complexity index is 2050. The number of rotatable bonds is 10. The van der Waals surface area contributed by atoms with Gasteiger partial charge in [-0.05, 0) is 88.2 Å². The molecule has 50 heavy (non-hydrogen) atoms. The molecule has 0 bridgehead atoms. The van der Waals surface area contributed by atoms with Gasteiger partial charge < -0.3 is 14.2 Å². The molecule has 1 saturated heterocycles. The lowest BCUT2D eigenvalue weighted by Crippen LogP contribution is -2.44. The lowest BCUT2D eigenvalue weighted by atomic mass is 10.0. The molecule has 1 aromatic heterocycles. The van der Waals surface area contributed by atoms with Crippen LogP contribution in [0, 0.1) is 0 Å². The summed E-state index contributed by atoms with van der Waals surface area (Å²) in [5.41, 5.74) is 1.69. The number of hydrogen-bond donors (Lipinski definition) is 0. The van der Waals surface area contributed by atoms with Gasteiger partial charge in [-0.3, -0.25) is 14.5 Å². The SMILES string of the molecule is CC(Oc1ccc(N(C(=O)c2c3ccccc3nc3ccccc23)S(=O)(=O)c2ccc(CCC(=O)OC(C)(C)C)cc2)cc1)N1CCOCC1. The summed E-state index contributed by atoms with van der Waals surface area (Å²) in [7, 11) is -4.46. The van der Waals surface area contributed by atoms with Crippen LogP contribution in [0.1, 0.15) is 50.0 Å². The van der Waals surface area contributed by atoms with Crippen LogP contribution in [-0.2, 0) is 30.7 Å². The molecule has 1 amide bonds. The predicted molar refractivity (Wildman–Crippen MR) is 193 cm³/mol. The maximum Gasteiger partial charge on any atom is 0.306 e. The Kier molecular flexibility index (Phi) is 10.2. The van der Waals surface area contributed by atoms with E-state index >= 15 is 0 Å². The Labute approximate surface area is 292 Å². The van der Waals surface area contributed by atoms with Crippen LogP contribution >= 0.6 is 0 Å². The van der Waals surface area contributed by atoms with Crippen LogP contribution < -0.4 is 9.04 Å². The summed E-state index contributed by atoms with van der Waals surface area (Å²) in [6.07, 6.45) is 0.293. The Hall–Kier alpha value is -4.84. The Morgan fingerprint density at radius 1 is 0.860 bits per heavy atom. The van der Waals surface area contributed by atoms with E-state index in [0.29, 0.717) is 47.2 Å². The van der Waals surface area contributed by atoms with E-state index in [1.165, 1.54) is 12.1 Å².